The van der Waals surface area contributed by atoms with Crippen molar-refractivity contribution in [3.05, 3.63) is 82.9 Å². The monoisotopic (exact) mass is 461 g/mol. The molecule has 0 radical (unpaired) electrons. The number of carbonyl (C=O) groups excluding carboxylic acids is 2. The molecule has 1 aliphatic rings. The number of esters is 1. The maximum Gasteiger partial charge on any atom is 0.416 e. The van der Waals surface area contributed by atoms with Gasteiger partial charge in [0.15, 0.2) is 0 Å². The van der Waals surface area contributed by atoms with Crippen molar-refractivity contribution in [3.8, 4) is 0 Å². The van der Waals surface area contributed by atoms with Crippen molar-refractivity contribution in [1.29, 1.82) is 0 Å². The van der Waals surface area contributed by atoms with E-state index in [1.165, 1.54) is 18.2 Å². The normalized spacial score (nSPS) is 19.7. The van der Waals surface area contributed by atoms with Crippen LogP contribution < -0.4 is 5.32 Å². The zero-order valence-electron chi connectivity index (χ0n) is 18.2. The van der Waals surface area contributed by atoms with Crippen LogP contribution in [0.25, 0.3) is 0 Å². The van der Waals surface area contributed by atoms with Gasteiger partial charge in [-0.05, 0) is 49.4 Å². The zero-order valence-corrected chi connectivity index (χ0v) is 18.2. The van der Waals surface area contributed by atoms with Gasteiger partial charge in [-0.3, -0.25) is 0 Å². The van der Waals surface area contributed by atoms with Crippen LogP contribution in [0, 0.1) is 0 Å². The maximum atomic E-state index is 13.0. The Bertz CT molecular complexity index is 971. The van der Waals surface area contributed by atoms with E-state index in [2.05, 4.69) is 5.32 Å². The molecule has 176 valence electrons. The van der Waals surface area contributed by atoms with Gasteiger partial charge in [-0.2, -0.15) is 13.2 Å². The molecule has 0 spiro atoms. The van der Waals surface area contributed by atoms with E-state index in [0.29, 0.717) is 24.8 Å². The molecule has 0 saturated heterocycles. The molecule has 8 heteroatoms. The number of allylic oxidation sites excluding steroid dienone is 1. The Labute approximate surface area is 190 Å². The van der Waals surface area contributed by atoms with Crippen LogP contribution in [0.3, 0.4) is 0 Å². The van der Waals surface area contributed by atoms with Crippen LogP contribution in [0.2, 0.25) is 0 Å². The largest absolute Gasteiger partial charge is 0.463 e. The maximum absolute atomic E-state index is 13.0. The minimum absolute atomic E-state index is 0.109. The fourth-order valence-electron chi connectivity index (χ4n) is 3.91. The van der Waals surface area contributed by atoms with Gasteiger partial charge in [0.05, 0.1) is 12.2 Å². The van der Waals surface area contributed by atoms with Crippen LogP contribution in [0.15, 0.2) is 66.2 Å². The molecule has 1 saturated carbocycles. The number of ether oxygens (including phenoxy) is 2. The number of hydrogen-bond acceptors (Lipinski definition) is 4. The molecule has 1 fully saturated rings. The van der Waals surface area contributed by atoms with Gasteiger partial charge >= 0.3 is 18.2 Å². The van der Waals surface area contributed by atoms with E-state index in [1.807, 2.05) is 30.3 Å². The molecular weight excluding hydrogens is 435 g/mol. The lowest BCUT2D eigenvalue weighted by Crippen LogP contribution is -2.41. The topological polar surface area (TPSA) is 64.6 Å². The Morgan fingerprint density at radius 3 is 2.39 bits per heavy atom. The van der Waals surface area contributed by atoms with E-state index in [9.17, 15) is 22.8 Å². The third-order valence-electron chi connectivity index (χ3n) is 5.53. The van der Waals surface area contributed by atoms with Gasteiger partial charge in [-0.25, -0.2) is 9.59 Å². The molecule has 1 N–H and O–H groups in total. The summed E-state index contributed by atoms with van der Waals surface area (Å²) in [6, 6.07) is 13.8. The number of halogens is 3. The molecule has 0 unspecified atom stereocenters. The van der Waals surface area contributed by atoms with Crippen LogP contribution in [0.5, 0.6) is 0 Å². The summed E-state index contributed by atoms with van der Waals surface area (Å²) >= 11 is 0. The molecule has 5 nitrogen and oxygen atoms in total. The summed E-state index contributed by atoms with van der Waals surface area (Å²) in [5, 5.41) is 2.85. The van der Waals surface area contributed by atoms with Crippen molar-refractivity contribution >= 4 is 12.1 Å². The molecule has 2 atom stereocenters. The molecule has 0 aromatic heterocycles. The second kappa shape index (κ2) is 11.0. The van der Waals surface area contributed by atoms with Gasteiger partial charge in [-0.1, -0.05) is 48.0 Å². The van der Waals surface area contributed by atoms with Crippen LogP contribution in [-0.4, -0.2) is 24.7 Å². The van der Waals surface area contributed by atoms with Crippen LogP contribution in [0.1, 0.15) is 48.8 Å². The van der Waals surface area contributed by atoms with Gasteiger partial charge in [0, 0.05) is 18.0 Å². The average Bonchev–Trinajstić information content (AvgIpc) is 2.79. The molecule has 1 aliphatic carbocycles. The first-order chi connectivity index (χ1) is 15.8. The summed E-state index contributed by atoms with van der Waals surface area (Å²) < 4.78 is 49.2. The Balaban J connectivity index is 1.74. The first-order valence-corrected chi connectivity index (χ1v) is 10.8. The second-order valence-electron chi connectivity index (χ2n) is 7.84. The zero-order chi connectivity index (χ0) is 23.8. The van der Waals surface area contributed by atoms with E-state index in [0.717, 1.165) is 23.3 Å². The molecule has 33 heavy (non-hydrogen) atoms. The number of benzene rings is 2. The predicted molar refractivity (Wildman–Crippen MR) is 116 cm³/mol. The highest BCUT2D eigenvalue weighted by Crippen LogP contribution is 2.38. The lowest BCUT2D eigenvalue weighted by molar-refractivity contribution is -0.138. The summed E-state index contributed by atoms with van der Waals surface area (Å²) in [4.78, 5) is 24.3. The SMILES string of the molecule is CCOC(=O)C=C1CC[C@H](NC(=O)OCc2ccccc2)[C@@H](c2ccc(C(F)(F)F)cc2)C1. The van der Waals surface area contributed by atoms with Crippen LogP contribution >= 0.6 is 0 Å². The molecule has 1 amide bonds. The fraction of sp³-hybridized carbons (Fsp3) is 0.360. The highest BCUT2D eigenvalue weighted by atomic mass is 19.4. The number of carbonyl (C=O) groups is 2. The number of alkyl halides is 3. The van der Waals surface area contributed by atoms with E-state index < -0.39 is 23.8 Å². The molecule has 3 rings (SSSR count). The number of nitrogens with one attached hydrogen (secondary N) is 1. The number of alkyl carbamates (subject to hydrolysis) is 1. The summed E-state index contributed by atoms with van der Waals surface area (Å²) in [5.41, 5.74) is 1.58. The lowest BCUT2D eigenvalue weighted by Gasteiger charge is -2.34. The quantitative estimate of drug-likeness (QED) is 0.439. The average molecular weight is 461 g/mol. The molecule has 0 aliphatic heterocycles. The Morgan fingerprint density at radius 2 is 1.76 bits per heavy atom. The van der Waals surface area contributed by atoms with E-state index in [1.54, 1.807) is 6.92 Å². The van der Waals surface area contributed by atoms with Crippen molar-refractivity contribution < 1.29 is 32.2 Å². The number of amides is 1. The van der Waals surface area contributed by atoms with Crippen molar-refractivity contribution in [2.24, 2.45) is 0 Å². The highest BCUT2D eigenvalue weighted by Gasteiger charge is 2.33. The van der Waals surface area contributed by atoms with Gasteiger partial charge in [0.2, 0.25) is 0 Å². The molecule has 0 bridgehead atoms. The number of rotatable bonds is 6. The Hall–Kier alpha value is -3.29. The minimum atomic E-state index is -4.43. The van der Waals surface area contributed by atoms with Crippen LogP contribution in [-0.2, 0) is 27.1 Å². The Kier molecular flexibility index (Phi) is 8.14. The summed E-state index contributed by atoms with van der Waals surface area (Å²) in [7, 11) is 0. The number of hydrogen-bond donors (Lipinski definition) is 1. The molecule has 2 aromatic rings. The smallest absolute Gasteiger partial charge is 0.416 e. The molecule has 2 aromatic carbocycles. The first-order valence-electron chi connectivity index (χ1n) is 10.8. The Morgan fingerprint density at radius 1 is 1.06 bits per heavy atom. The van der Waals surface area contributed by atoms with E-state index in [4.69, 9.17) is 9.47 Å². The van der Waals surface area contributed by atoms with Crippen molar-refractivity contribution in [2.45, 2.75) is 50.9 Å². The summed E-state index contributed by atoms with van der Waals surface area (Å²) in [6.07, 6.45) is -2.12. The van der Waals surface area contributed by atoms with E-state index in [-0.39, 0.29) is 25.2 Å². The first kappa shape index (κ1) is 24.4. The summed E-state index contributed by atoms with van der Waals surface area (Å²) in [6.45, 7) is 2.07. The molecular formula is C25H26F3NO4. The van der Waals surface area contributed by atoms with Gasteiger partial charge < -0.3 is 14.8 Å². The fourth-order valence-corrected chi connectivity index (χ4v) is 3.91. The van der Waals surface area contributed by atoms with Crippen LogP contribution in [0.4, 0.5) is 18.0 Å². The third kappa shape index (κ3) is 7.10. The minimum Gasteiger partial charge on any atom is -0.463 e. The lowest BCUT2D eigenvalue weighted by atomic mass is 9.77. The van der Waals surface area contributed by atoms with E-state index >= 15 is 0 Å². The molecule has 0 heterocycles. The second-order valence-corrected chi connectivity index (χ2v) is 7.84. The summed E-state index contributed by atoms with van der Waals surface area (Å²) in [5.74, 6) is -0.765. The van der Waals surface area contributed by atoms with Crippen molar-refractivity contribution in [2.75, 3.05) is 6.61 Å². The van der Waals surface area contributed by atoms with Gasteiger partial charge in [0.1, 0.15) is 6.61 Å². The highest BCUT2D eigenvalue weighted by molar-refractivity contribution is 5.82. The van der Waals surface area contributed by atoms with Gasteiger partial charge in [-0.15, -0.1) is 0 Å². The predicted octanol–water partition coefficient (Wildman–Crippen LogP) is 5.76. The third-order valence-corrected chi connectivity index (χ3v) is 5.53. The van der Waals surface area contributed by atoms with Crippen molar-refractivity contribution in [3.63, 3.8) is 0 Å². The standard InChI is InChI=1S/C25H26F3NO4/c1-2-32-23(30)15-18-8-13-22(29-24(31)33-16-17-6-4-3-5-7-17)21(14-18)19-9-11-20(12-10-19)25(26,27)28/h3-7,9-12,15,21-22H,2,8,13-14,16H2,1H3,(H,29,31)/t21-,22+/m1/s1. The van der Waals surface area contributed by atoms with Crippen molar-refractivity contribution in [1.82, 2.24) is 5.32 Å². The van der Waals surface area contributed by atoms with Gasteiger partial charge in [0.25, 0.3) is 0 Å².